The number of alkyl halides is 3. The van der Waals surface area contributed by atoms with E-state index in [-0.39, 0.29) is 23.7 Å². The molecule has 0 amide bonds. The van der Waals surface area contributed by atoms with E-state index in [2.05, 4.69) is 0 Å². The van der Waals surface area contributed by atoms with Gasteiger partial charge in [-0.25, -0.2) is 0 Å². The molecule has 0 aliphatic carbocycles. The highest BCUT2D eigenvalue weighted by atomic mass is 35.5. The maximum absolute atomic E-state index is 13.1. The van der Waals surface area contributed by atoms with Crippen LogP contribution in [0.5, 0.6) is 5.75 Å². The number of benzene rings is 1. The average Bonchev–Trinajstić information content (AvgIpc) is 2.42. The lowest BCUT2D eigenvalue weighted by Crippen LogP contribution is -2.29. The Morgan fingerprint density at radius 2 is 1.82 bits per heavy atom. The summed E-state index contributed by atoms with van der Waals surface area (Å²) in [6.45, 7) is 3.96. The molecule has 0 aliphatic rings. The van der Waals surface area contributed by atoms with Gasteiger partial charge in [-0.3, -0.25) is 0 Å². The third-order valence-electron chi connectivity index (χ3n) is 3.38. The zero-order valence-electron chi connectivity index (χ0n) is 12.9. The van der Waals surface area contributed by atoms with Gasteiger partial charge in [-0.05, 0) is 36.5 Å². The second-order valence-electron chi connectivity index (χ2n) is 5.52. The summed E-state index contributed by atoms with van der Waals surface area (Å²) >= 11 is 0. The minimum Gasteiger partial charge on any atom is -0.497 e. The van der Waals surface area contributed by atoms with Crippen LogP contribution in [0.1, 0.15) is 43.9 Å². The Morgan fingerprint density at radius 3 is 2.27 bits per heavy atom. The van der Waals surface area contributed by atoms with Crippen molar-refractivity contribution in [1.82, 2.24) is 0 Å². The summed E-state index contributed by atoms with van der Waals surface area (Å²) in [5.41, 5.74) is 4.85. The van der Waals surface area contributed by atoms with Crippen molar-refractivity contribution in [3.05, 3.63) is 29.3 Å². The standard InChI is InChI=1S/C15H22F3NO2.ClH/c1-9(2)4-7-13(20)14(19)11-6-5-10(21-3)8-12(11)15(16,17)18;/h5-6,8-9,13-14,20H,4,7,19H2,1-3H3;1H/t13-,14+;/m0./s1. The van der Waals surface area contributed by atoms with Crippen LogP contribution in [0.4, 0.5) is 13.2 Å². The van der Waals surface area contributed by atoms with Crippen LogP contribution >= 0.6 is 12.4 Å². The molecule has 0 heterocycles. The van der Waals surface area contributed by atoms with E-state index in [1.165, 1.54) is 19.2 Å². The highest BCUT2D eigenvalue weighted by Crippen LogP contribution is 2.37. The van der Waals surface area contributed by atoms with Crippen molar-refractivity contribution in [3.63, 3.8) is 0 Å². The van der Waals surface area contributed by atoms with Crippen molar-refractivity contribution in [2.24, 2.45) is 11.7 Å². The maximum Gasteiger partial charge on any atom is 0.416 e. The highest BCUT2D eigenvalue weighted by molar-refractivity contribution is 5.85. The molecule has 0 saturated carbocycles. The van der Waals surface area contributed by atoms with E-state index in [0.717, 1.165) is 6.07 Å². The van der Waals surface area contributed by atoms with Gasteiger partial charge in [0.25, 0.3) is 0 Å². The monoisotopic (exact) mass is 341 g/mol. The topological polar surface area (TPSA) is 55.5 Å². The van der Waals surface area contributed by atoms with Gasteiger partial charge in [0.1, 0.15) is 5.75 Å². The van der Waals surface area contributed by atoms with E-state index in [1.807, 2.05) is 13.8 Å². The lowest BCUT2D eigenvalue weighted by molar-refractivity contribution is -0.138. The summed E-state index contributed by atoms with van der Waals surface area (Å²) < 4.78 is 44.2. The van der Waals surface area contributed by atoms with Crippen molar-refractivity contribution >= 4 is 12.4 Å². The fraction of sp³-hybridized carbons (Fsp3) is 0.600. The first-order valence-electron chi connectivity index (χ1n) is 6.85. The molecule has 0 spiro atoms. The van der Waals surface area contributed by atoms with Gasteiger partial charge in [0.2, 0.25) is 0 Å². The Bertz CT molecular complexity index is 467. The van der Waals surface area contributed by atoms with E-state index < -0.39 is 23.9 Å². The number of aliphatic hydroxyl groups is 1. The molecule has 0 aliphatic heterocycles. The van der Waals surface area contributed by atoms with Gasteiger partial charge in [0, 0.05) is 0 Å². The first-order valence-corrected chi connectivity index (χ1v) is 6.85. The third-order valence-corrected chi connectivity index (χ3v) is 3.38. The molecule has 0 aromatic heterocycles. The molecule has 0 radical (unpaired) electrons. The summed E-state index contributed by atoms with van der Waals surface area (Å²) in [5, 5.41) is 10.0. The molecule has 3 N–H and O–H groups in total. The number of halogens is 4. The minimum absolute atomic E-state index is 0. The van der Waals surface area contributed by atoms with Crippen LogP contribution in [-0.4, -0.2) is 18.3 Å². The van der Waals surface area contributed by atoms with E-state index in [9.17, 15) is 18.3 Å². The molecule has 1 aromatic rings. The first kappa shape index (κ1) is 21.0. The largest absolute Gasteiger partial charge is 0.497 e. The van der Waals surface area contributed by atoms with E-state index in [0.29, 0.717) is 18.8 Å². The molecule has 7 heteroatoms. The van der Waals surface area contributed by atoms with Crippen LogP contribution in [0.3, 0.4) is 0 Å². The lowest BCUT2D eigenvalue weighted by Gasteiger charge is -2.23. The van der Waals surface area contributed by atoms with E-state index in [4.69, 9.17) is 10.5 Å². The molecule has 22 heavy (non-hydrogen) atoms. The van der Waals surface area contributed by atoms with Gasteiger partial charge in [0.05, 0.1) is 24.8 Å². The van der Waals surface area contributed by atoms with Crippen molar-refractivity contribution in [1.29, 1.82) is 0 Å². The molecular weight excluding hydrogens is 319 g/mol. The van der Waals surface area contributed by atoms with Crippen molar-refractivity contribution < 1.29 is 23.0 Å². The van der Waals surface area contributed by atoms with Crippen LogP contribution in [0.25, 0.3) is 0 Å². The highest BCUT2D eigenvalue weighted by Gasteiger charge is 2.36. The SMILES string of the molecule is COc1ccc([C@@H](N)[C@@H](O)CCC(C)C)c(C(F)(F)F)c1.Cl. The fourth-order valence-electron chi connectivity index (χ4n) is 2.09. The Balaban J connectivity index is 0.00000441. The quantitative estimate of drug-likeness (QED) is 0.824. The molecule has 0 unspecified atom stereocenters. The van der Waals surface area contributed by atoms with Crippen LogP contribution in [0.15, 0.2) is 18.2 Å². The van der Waals surface area contributed by atoms with Crippen LogP contribution in [-0.2, 0) is 6.18 Å². The number of nitrogens with two attached hydrogens (primary N) is 1. The number of aliphatic hydroxyl groups excluding tert-OH is 1. The second-order valence-corrected chi connectivity index (χ2v) is 5.52. The lowest BCUT2D eigenvalue weighted by atomic mass is 9.92. The zero-order valence-corrected chi connectivity index (χ0v) is 13.7. The predicted molar refractivity (Wildman–Crippen MR) is 82.3 cm³/mol. The van der Waals surface area contributed by atoms with Gasteiger partial charge >= 0.3 is 6.18 Å². The summed E-state index contributed by atoms with van der Waals surface area (Å²) in [6.07, 6.45) is -4.49. The van der Waals surface area contributed by atoms with Crippen molar-refractivity contribution in [2.75, 3.05) is 7.11 Å². The van der Waals surface area contributed by atoms with Gasteiger partial charge in [-0.15, -0.1) is 12.4 Å². The minimum atomic E-state index is -4.54. The zero-order chi connectivity index (χ0) is 16.2. The number of rotatable bonds is 6. The molecular formula is C15H23ClF3NO2. The van der Waals surface area contributed by atoms with E-state index in [1.54, 1.807) is 0 Å². The van der Waals surface area contributed by atoms with Crippen LogP contribution in [0, 0.1) is 5.92 Å². The van der Waals surface area contributed by atoms with Crippen molar-refractivity contribution in [2.45, 2.75) is 45.0 Å². The number of hydrogen-bond donors (Lipinski definition) is 2. The summed E-state index contributed by atoms with van der Waals surface area (Å²) in [4.78, 5) is 0. The average molecular weight is 342 g/mol. The Hall–Kier alpha value is -0.980. The molecule has 3 nitrogen and oxygen atoms in total. The molecule has 2 atom stereocenters. The molecule has 1 rings (SSSR count). The number of methoxy groups -OCH3 is 1. The third kappa shape index (κ3) is 5.66. The Labute approximate surface area is 135 Å². The van der Waals surface area contributed by atoms with Crippen LogP contribution in [0.2, 0.25) is 0 Å². The Morgan fingerprint density at radius 1 is 1.23 bits per heavy atom. The van der Waals surface area contributed by atoms with Gasteiger partial charge in [-0.1, -0.05) is 19.9 Å². The molecule has 1 aromatic carbocycles. The van der Waals surface area contributed by atoms with Crippen molar-refractivity contribution in [3.8, 4) is 5.75 Å². The number of hydrogen-bond acceptors (Lipinski definition) is 3. The maximum atomic E-state index is 13.1. The van der Waals surface area contributed by atoms with Gasteiger partial charge in [0.15, 0.2) is 0 Å². The Kier molecular flexibility index (Phi) is 8.22. The fourth-order valence-corrected chi connectivity index (χ4v) is 2.09. The second kappa shape index (κ2) is 8.60. The summed E-state index contributed by atoms with van der Waals surface area (Å²) in [6, 6.07) is 2.51. The molecule has 0 saturated heterocycles. The molecule has 0 fully saturated rings. The number of ether oxygens (including phenoxy) is 1. The van der Waals surface area contributed by atoms with Crippen LogP contribution < -0.4 is 10.5 Å². The van der Waals surface area contributed by atoms with E-state index >= 15 is 0 Å². The summed E-state index contributed by atoms with van der Waals surface area (Å²) in [5.74, 6) is 0.458. The molecule has 0 bridgehead atoms. The van der Waals surface area contributed by atoms with Gasteiger partial charge < -0.3 is 15.6 Å². The smallest absolute Gasteiger partial charge is 0.416 e. The van der Waals surface area contributed by atoms with Gasteiger partial charge in [-0.2, -0.15) is 13.2 Å². The summed E-state index contributed by atoms with van der Waals surface area (Å²) in [7, 11) is 1.30. The normalized spacial score (nSPS) is 14.4. The molecule has 128 valence electrons. The first-order chi connectivity index (χ1) is 9.66. The predicted octanol–water partition coefficient (Wildman–Crippen LogP) is 3.93.